The topological polar surface area (TPSA) is 77.0 Å². The largest absolute Gasteiger partial charge is 0.375 e. The number of piperidine rings is 1. The number of hydrogen-bond acceptors (Lipinski definition) is 5. The summed E-state index contributed by atoms with van der Waals surface area (Å²) in [6.07, 6.45) is 3.34. The van der Waals surface area contributed by atoms with E-state index in [1.54, 1.807) is 16.9 Å². The van der Waals surface area contributed by atoms with Gasteiger partial charge in [0.25, 0.3) is 5.91 Å². The number of rotatable bonds is 4. The highest BCUT2D eigenvalue weighted by Gasteiger charge is 2.41. The van der Waals surface area contributed by atoms with Crippen LogP contribution in [0, 0.1) is 0 Å². The summed E-state index contributed by atoms with van der Waals surface area (Å²) in [4.78, 5) is 19.5. The molecule has 0 atom stereocenters. The highest BCUT2D eigenvalue weighted by atomic mass is 32.1. The summed E-state index contributed by atoms with van der Waals surface area (Å²) in [6.45, 7) is 4.04. The van der Waals surface area contributed by atoms with Crippen LogP contribution in [0.25, 0.3) is 0 Å². The number of carbonyl (C=O) groups is 1. The number of nitrogen functional groups attached to an aromatic ring is 1. The lowest BCUT2D eigenvalue weighted by atomic mass is 9.70. The Bertz CT molecular complexity index is 925. The smallest absolute Gasteiger partial charge is 0.272 e. The van der Waals surface area contributed by atoms with E-state index in [4.69, 9.17) is 5.73 Å². The summed E-state index contributed by atoms with van der Waals surface area (Å²) in [5.74, 6) is 0.0498. The van der Waals surface area contributed by atoms with Crippen LogP contribution in [0.1, 0.15) is 41.5 Å². The Balaban J connectivity index is 1.61. The Labute approximate surface area is 162 Å². The second kappa shape index (κ2) is 7.15. The van der Waals surface area contributed by atoms with E-state index < -0.39 is 0 Å². The van der Waals surface area contributed by atoms with Crippen LogP contribution in [0.3, 0.4) is 0 Å². The second-order valence-electron chi connectivity index (χ2n) is 6.84. The van der Waals surface area contributed by atoms with Crippen molar-refractivity contribution in [2.45, 2.75) is 31.7 Å². The first-order chi connectivity index (χ1) is 13.1. The van der Waals surface area contributed by atoms with Crippen molar-refractivity contribution in [3.63, 3.8) is 0 Å². The van der Waals surface area contributed by atoms with Gasteiger partial charge in [0.05, 0.1) is 5.69 Å². The van der Waals surface area contributed by atoms with Crippen LogP contribution in [-0.4, -0.2) is 38.7 Å². The summed E-state index contributed by atoms with van der Waals surface area (Å²) in [6, 6.07) is 12.2. The Morgan fingerprint density at radius 2 is 1.96 bits per heavy atom. The Kier molecular flexibility index (Phi) is 4.70. The minimum Gasteiger partial charge on any atom is -0.375 e. The predicted molar refractivity (Wildman–Crippen MR) is 107 cm³/mol. The lowest BCUT2D eigenvalue weighted by Crippen LogP contribution is -2.46. The van der Waals surface area contributed by atoms with Crippen LogP contribution in [0.5, 0.6) is 0 Å². The summed E-state index contributed by atoms with van der Waals surface area (Å²) in [7, 11) is 0. The molecule has 1 aliphatic heterocycles. The number of nitrogens with zero attached hydrogens (tertiary/aromatic N) is 4. The van der Waals surface area contributed by atoms with Gasteiger partial charge in [0, 0.05) is 36.6 Å². The monoisotopic (exact) mass is 381 g/mol. The molecule has 1 aromatic carbocycles. The van der Waals surface area contributed by atoms with E-state index in [1.165, 1.54) is 16.9 Å². The van der Waals surface area contributed by atoms with Crippen LogP contribution < -0.4 is 5.73 Å². The normalized spacial score (nSPS) is 16.4. The average Bonchev–Trinajstić information content (AvgIpc) is 3.37. The second-order valence-corrected chi connectivity index (χ2v) is 7.73. The first-order valence-corrected chi connectivity index (χ1v) is 10.1. The predicted octanol–water partition coefficient (Wildman–Crippen LogP) is 3.16. The number of nitrogens with two attached hydrogens (primary N) is 1. The maximum absolute atomic E-state index is 13.0. The molecule has 1 saturated heterocycles. The van der Waals surface area contributed by atoms with E-state index in [-0.39, 0.29) is 11.3 Å². The molecule has 0 unspecified atom stereocenters. The molecule has 6 nitrogen and oxygen atoms in total. The fraction of sp³-hybridized carbons (Fsp3) is 0.350. The molecule has 3 heterocycles. The van der Waals surface area contributed by atoms with Gasteiger partial charge in [-0.3, -0.25) is 9.48 Å². The molecule has 7 heteroatoms. The van der Waals surface area contributed by atoms with Crippen LogP contribution >= 0.6 is 11.3 Å². The summed E-state index contributed by atoms with van der Waals surface area (Å²) >= 11 is 1.48. The number of likely N-dealkylation sites (tertiary alicyclic amines) is 1. The van der Waals surface area contributed by atoms with E-state index in [9.17, 15) is 4.79 Å². The van der Waals surface area contributed by atoms with Crippen LogP contribution in [0.15, 0.2) is 48.0 Å². The van der Waals surface area contributed by atoms with Crippen molar-refractivity contribution >= 4 is 22.4 Å². The number of aromatic nitrogens is 3. The molecule has 0 radical (unpaired) electrons. The third-order valence-electron chi connectivity index (χ3n) is 5.48. The van der Waals surface area contributed by atoms with Gasteiger partial charge in [-0.05, 0) is 31.4 Å². The number of hydrogen-bond donors (Lipinski definition) is 1. The third-order valence-corrected chi connectivity index (χ3v) is 6.15. The maximum atomic E-state index is 13.0. The first-order valence-electron chi connectivity index (χ1n) is 9.22. The van der Waals surface area contributed by atoms with Crippen molar-refractivity contribution in [2.75, 3.05) is 18.8 Å². The molecule has 4 rings (SSSR count). The zero-order valence-corrected chi connectivity index (χ0v) is 16.2. The van der Waals surface area contributed by atoms with Gasteiger partial charge in [-0.25, -0.2) is 4.98 Å². The van der Waals surface area contributed by atoms with Crippen molar-refractivity contribution in [2.24, 2.45) is 0 Å². The van der Waals surface area contributed by atoms with Gasteiger partial charge in [-0.15, -0.1) is 11.3 Å². The number of anilines is 1. The van der Waals surface area contributed by atoms with Gasteiger partial charge in [-0.2, -0.15) is 5.10 Å². The molecule has 0 aliphatic carbocycles. The van der Waals surface area contributed by atoms with E-state index in [0.29, 0.717) is 30.5 Å². The lowest BCUT2D eigenvalue weighted by molar-refractivity contribution is 0.0671. The summed E-state index contributed by atoms with van der Waals surface area (Å²) in [5, 5.41) is 6.87. The van der Waals surface area contributed by atoms with Gasteiger partial charge >= 0.3 is 0 Å². The van der Waals surface area contributed by atoms with E-state index in [1.807, 2.05) is 17.9 Å². The lowest BCUT2D eigenvalue weighted by Gasteiger charge is -2.41. The fourth-order valence-electron chi connectivity index (χ4n) is 3.98. The molecule has 0 bridgehead atoms. The maximum Gasteiger partial charge on any atom is 0.272 e. The minimum absolute atomic E-state index is 0.0498. The van der Waals surface area contributed by atoms with Crippen molar-refractivity contribution in [1.82, 2.24) is 19.7 Å². The van der Waals surface area contributed by atoms with Gasteiger partial charge in [0.15, 0.2) is 5.13 Å². The number of carbonyl (C=O) groups excluding carboxylic acids is 1. The van der Waals surface area contributed by atoms with Crippen LogP contribution in [0.2, 0.25) is 0 Å². The molecule has 1 fully saturated rings. The molecule has 2 N–H and O–H groups in total. The van der Waals surface area contributed by atoms with Crippen molar-refractivity contribution in [3.8, 4) is 0 Å². The Morgan fingerprint density at radius 1 is 1.22 bits per heavy atom. The molecule has 1 amide bonds. The average molecular weight is 382 g/mol. The molecule has 3 aromatic rings. The highest BCUT2D eigenvalue weighted by molar-refractivity contribution is 7.13. The van der Waals surface area contributed by atoms with Crippen molar-refractivity contribution in [1.29, 1.82) is 0 Å². The first kappa shape index (κ1) is 17.7. The van der Waals surface area contributed by atoms with Gasteiger partial charge in [-0.1, -0.05) is 30.3 Å². The number of benzene rings is 1. The zero-order valence-electron chi connectivity index (χ0n) is 15.3. The van der Waals surface area contributed by atoms with Crippen molar-refractivity contribution in [3.05, 3.63) is 64.9 Å². The fourth-order valence-corrected chi connectivity index (χ4v) is 4.64. The molecule has 0 saturated carbocycles. The summed E-state index contributed by atoms with van der Waals surface area (Å²) in [5.41, 5.74) is 8.64. The van der Waals surface area contributed by atoms with E-state index in [2.05, 4.69) is 39.7 Å². The van der Waals surface area contributed by atoms with Crippen molar-refractivity contribution < 1.29 is 4.79 Å². The molecule has 140 valence electrons. The number of amides is 1. The van der Waals surface area contributed by atoms with Gasteiger partial charge in [0.1, 0.15) is 5.69 Å². The summed E-state index contributed by atoms with van der Waals surface area (Å²) < 4.78 is 1.75. The van der Waals surface area contributed by atoms with Crippen LogP contribution in [0.4, 0.5) is 5.13 Å². The molecular weight excluding hydrogens is 358 g/mol. The molecule has 2 aromatic heterocycles. The molecular formula is C20H23N5OS. The van der Waals surface area contributed by atoms with Gasteiger partial charge in [0.2, 0.25) is 0 Å². The highest BCUT2D eigenvalue weighted by Crippen LogP contribution is 2.42. The zero-order chi connectivity index (χ0) is 18.9. The minimum atomic E-state index is -0.197. The number of thiazole rings is 1. The SMILES string of the molecule is CCn1nccc1C(=O)N1CCC(c2ccccc2)(c2csc(N)n2)CC1. The Hall–Kier alpha value is -2.67. The Morgan fingerprint density at radius 3 is 2.59 bits per heavy atom. The van der Waals surface area contributed by atoms with Crippen LogP contribution in [-0.2, 0) is 12.0 Å². The quantitative estimate of drug-likeness (QED) is 0.753. The number of aryl methyl sites for hydroxylation is 1. The third kappa shape index (κ3) is 3.12. The van der Waals surface area contributed by atoms with E-state index >= 15 is 0 Å². The molecule has 27 heavy (non-hydrogen) atoms. The molecule has 0 spiro atoms. The van der Waals surface area contributed by atoms with Gasteiger partial charge < -0.3 is 10.6 Å². The van der Waals surface area contributed by atoms with E-state index in [0.717, 1.165) is 18.5 Å². The standard InChI is InChI=1S/C20H23N5OS/c1-2-25-16(8-11-22-25)18(26)24-12-9-20(10-13-24,15-6-4-3-5-7-15)17-14-27-19(21)23-17/h3-8,11,14H,2,9-10,12-13H2,1H3,(H2,21,23). The molecule has 1 aliphatic rings.